The van der Waals surface area contributed by atoms with Crippen LogP contribution in [0.1, 0.15) is 19.8 Å². The van der Waals surface area contributed by atoms with Gasteiger partial charge in [0.2, 0.25) is 0 Å². The highest BCUT2D eigenvalue weighted by molar-refractivity contribution is 7.90. The fourth-order valence-corrected chi connectivity index (χ4v) is 2.43. The molecule has 0 bridgehead atoms. The lowest BCUT2D eigenvalue weighted by molar-refractivity contribution is -0.130. The molecule has 1 fully saturated rings. The topological polar surface area (TPSA) is 85.4 Å². The van der Waals surface area contributed by atoms with Gasteiger partial charge in [-0.25, -0.2) is 13.1 Å². The molecule has 1 amide bonds. The molecule has 104 valence electrons. The Morgan fingerprint density at radius 3 is 2.89 bits per heavy atom. The molecule has 19 heavy (non-hydrogen) atoms. The van der Waals surface area contributed by atoms with E-state index in [2.05, 4.69) is 4.98 Å². The van der Waals surface area contributed by atoms with Gasteiger partial charge < -0.3 is 4.74 Å². The van der Waals surface area contributed by atoms with E-state index in [0.717, 1.165) is 12.8 Å². The molecule has 0 aliphatic heterocycles. The highest BCUT2D eigenvalue weighted by atomic mass is 32.2. The largest absolute Gasteiger partial charge is 0.368 e. The first-order chi connectivity index (χ1) is 8.99. The molecule has 1 N–H and O–H groups in total. The van der Waals surface area contributed by atoms with Crippen molar-refractivity contribution in [3.05, 3.63) is 24.5 Å². The second-order valence-corrected chi connectivity index (χ2v) is 6.26. The minimum atomic E-state index is -3.87. The van der Waals surface area contributed by atoms with Gasteiger partial charge in [-0.15, -0.1) is 0 Å². The van der Waals surface area contributed by atoms with Gasteiger partial charge in [0.15, 0.2) is 0 Å². The van der Waals surface area contributed by atoms with E-state index < -0.39 is 22.0 Å². The summed E-state index contributed by atoms with van der Waals surface area (Å²) in [5.74, 6) is -0.144. The number of sulfonamides is 1. The van der Waals surface area contributed by atoms with E-state index in [9.17, 15) is 13.2 Å². The Kier molecular flexibility index (Phi) is 4.16. The number of amides is 1. The quantitative estimate of drug-likeness (QED) is 0.831. The molecule has 1 aliphatic carbocycles. The molecule has 1 unspecified atom stereocenters. The minimum absolute atomic E-state index is 0.0438. The van der Waals surface area contributed by atoms with E-state index in [-0.39, 0.29) is 4.90 Å². The summed E-state index contributed by atoms with van der Waals surface area (Å²) in [6, 6.07) is 2.87. The van der Waals surface area contributed by atoms with E-state index in [4.69, 9.17) is 4.74 Å². The first-order valence-electron chi connectivity index (χ1n) is 6.07. The van der Waals surface area contributed by atoms with Crippen LogP contribution in [0.5, 0.6) is 0 Å². The van der Waals surface area contributed by atoms with Crippen LogP contribution in [0.4, 0.5) is 0 Å². The number of nitrogens with one attached hydrogen (secondary N) is 1. The third kappa shape index (κ3) is 4.00. The summed E-state index contributed by atoms with van der Waals surface area (Å²) in [7, 11) is -3.87. The minimum Gasteiger partial charge on any atom is -0.368 e. The van der Waals surface area contributed by atoms with Gasteiger partial charge in [-0.2, -0.15) is 0 Å². The molecule has 0 saturated heterocycles. The summed E-state index contributed by atoms with van der Waals surface area (Å²) in [6.45, 7) is 2.04. The summed E-state index contributed by atoms with van der Waals surface area (Å²) < 4.78 is 31.0. The number of carbonyl (C=O) groups is 1. The lowest BCUT2D eigenvalue weighted by Crippen LogP contribution is -2.38. The van der Waals surface area contributed by atoms with Crippen molar-refractivity contribution in [1.29, 1.82) is 0 Å². The zero-order valence-electron chi connectivity index (χ0n) is 10.6. The first kappa shape index (κ1) is 14.0. The monoisotopic (exact) mass is 284 g/mol. The molecule has 2 rings (SSSR count). The van der Waals surface area contributed by atoms with E-state index >= 15 is 0 Å². The normalized spacial score (nSPS) is 16.9. The van der Waals surface area contributed by atoms with Gasteiger partial charge in [0, 0.05) is 12.4 Å². The zero-order valence-corrected chi connectivity index (χ0v) is 11.4. The molecule has 1 aromatic rings. The van der Waals surface area contributed by atoms with Crippen LogP contribution < -0.4 is 4.72 Å². The Hall–Kier alpha value is -1.47. The SMILES string of the molecule is CC(OCC1CC1)C(=O)NS(=O)(=O)c1cccnc1. The molecule has 1 aromatic heterocycles. The lowest BCUT2D eigenvalue weighted by atomic mass is 10.4. The maximum Gasteiger partial charge on any atom is 0.265 e. The van der Waals surface area contributed by atoms with Crippen molar-refractivity contribution >= 4 is 15.9 Å². The van der Waals surface area contributed by atoms with Crippen molar-refractivity contribution in [2.75, 3.05) is 6.61 Å². The summed E-state index contributed by atoms with van der Waals surface area (Å²) >= 11 is 0. The molecule has 1 atom stereocenters. The number of hydrogen-bond acceptors (Lipinski definition) is 5. The molecule has 0 aromatic carbocycles. The van der Waals surface area contributed by atoms with Crippen LogP contribution in [0.2, 0.25) is 0 Å². The van der Waals surface area contributed by atoms with Gasteiger partial charge in [0.1, 0.15) is 11.0 Å². The van der Waals surface area contributed by atoms with Crippen LogP contribution in [-0.4, -0.2) is 32.0 Å². The number of nitrogens with zero attached hydrogens (tertiary/aromatic N) is 1. The molecular weight excluding hydrogens is 268 g/mol. The maximum atomic E-state index is 11.9. The Balaban J connectivity index is 1.93. The van der Waals surface area contributed by atoms with Gasteiger partial charge in [0.05, 0.1) is 6.61 Å². The van der Waals surface area contributed by atoms with Crippen LogP contribution in [-0.2, 0) is 19.6 Å². The Morgan fingerprint density at radius 1 is 1.58 bits per heavy atom. The van der Waals surface area contributed by atoms with Crippen LogP contribution in [0.25, 0.3) is 0 Å². The third-order valence-electron chi connectivity index (χ3n) is 2.83. The van der Waals surface area contributed by atoms with Crippen molar-refractivity contribution < 1.29 is 17.9 Å². The number of carbonyl (C=O) groups excluding carboxylic acids is 1. The van der Waals surface area contributed by atoms with Crippen molar-refractivity contribution in [3.8, 4) is 0 Å². The number of ether oxygens (including phenoxy) is 1. The highest BCUT2D eigenvalue weighted by Gasteiger charge is 2.26. The standard InChI is InChI=1S/C12H16N2O4S/c1-9(18-8-10-4-5-10)12(15)14-19(16,17)11-3-2-6-13-7-11/h2-3,6-7,9-10H,4-5,8H2,1H3,(H,14,15). The average Bonchev–Trinajstić information content (AvgIpc) is 3.20. The summed E-state index contributed by atoms with van der Waals surface area (Å²) in [4.78, 5) is 15.4. The van der Waals surface area contributed by atoms with Gasteiger partial charge in [-0.3, -0.25) is 9.78 Å². The average molecular weight is 284 g/mol. The summed E-state index contributed by atoms with van der Waals surface area (Å²) in [5, 5.41) is 0. The van der Waals surface area contributed by atoms with Crippen molar-refractivity contribution in [2.24, 2.45) is 5.92 Å². The zero-order chi connectivity index (χ0) is 13.9. The predicted molar refractivity (Wildman–Crippen MR) is 67.7 cm³/mol. The molecule has 0 spiro atoms. The second kappa shape index (κ2) is 5.66. The third-order valence-corrected chi connectivity index (χ3v) is 4.16. The van der Waals surface area contributed by atoms with E-state index in [0.29, 0.717) is 12.5 Å². The molecular formula is C12H16N2O4S. The van der Waals surface area contributed by atoms with Crippen molar-refractivity contribution in [2.45, 2.75) is 30.8 Å². The lowest BCUT2D eigenvalue weighted by Gasteiger charge is -2.13. The van der Waals surface area contributed by atoms with Gasteiger partial charge in [0.25, 0.3) is 15.9 Å². The first-order valence-corrected chi connectivity index (χ1v) is 7.55. The highest BCUT2D eigenvalue weighted by Crippen LogP contribution is 2.29. The van der Waals surface area contributed by atoms with E-state index in [1.54, 1.807) is 0 Å². The Morgan fingerprint density at radius 2 is 2.32 bits per heavy atom. The van der Waals surface area contributed by atoms with E-state index in [1.807, 2.05) is 4.72 Å². The molecule has 1 aliphatic rings. The Bertz CT molecular complexity index is 540. The smallest absolute Gasteiger partial charge is 0.265 e. The number of hydrogen-bond donors (Lipinski definition) is 1. The fraction of sp³-hybridized carbons (Fsp3) is 0.500. The second-order valence-electron chi connectivity index (χ2n) is 4.58. The molecule has 1 heterocycles. The van der Waals surface area contributed by atoms with Crippen LogP contribution in [0, 0.1) is 5.92 Å². The fourth-order valence-electron chi connectivity index (χ4n) is 1.42. The van der Waals surface area contributed by atoms with Crippen LogP contribution >= 0.6 is 0 Å². The van der Waals surface area contributed by atoms with Gasteiger partial charge in [-0.05, 0) is 37.8 Å². The van der Waals surface area contributed by atoms with Crippen molar-refractivity contribution in [3.63, 3.8) is 0 Å². The number of aromatic nitrogens is 1. The maximum absolute atomic E-state index is 11.9. The molecule has 7 heteroatoms. The van der Waals surface area contributed by atoms with Crippen LogP contribution in [0.3, 0.4) is 0 Å². The van der Waals surface area contributed by atoms with Gasteiger partial charge in [-0.1, -0.05) is 0 Å². The van der Waals surface area contributed by atoms with Gasteiger partial charge >= 0.3 is 0 Å². The molecule has 6 nitrogen and oxygen atoms in total. The number of pyridine rings is 1. The molecule has 1 saturated carbocycles. The van der Waals surface area contributed by atoms with Crippen molar-refractivity contribution in [1.82, 2.24) is 9.71 Å². The summed E-state index contributed by atoms with van der Waals surface area (Å²) in [6.07, 6.45) is 4.09. The summed E-state index contributed by atoms with van der Waals surface area (Å²) in [5.41, 5.74) is 0. The van der Waals surface area contributed by atoms with Crippen LogP contribution in [0.15, 0.2) is 29.4 Å². The predicted octanol–water partition coefficient (Wildman–Crippen LogP) is 0.702. The molecule has 0 radical (unpaired) electrons. The van der Waals surface area contributed by atoms with E-state index in [1.165, 1.54) is 31.5 Å². The number of rotatable bonds is 6. The Labute approximate surface area is 112 Å².